The molecule has 1 saturated heterocycles. The summed E-state index contributed by atoms with van der Waals surface area (Å²) in [6.07, 6.45) is 3.90. The van der Waals surface area contributed by atoms with Gasteiger partial charge in [0, 0.05) is 42.0 Å². The van der Waals surface area contributed by atoms with Crippen molar-refractivity contribution in [2.75, 3.05) is 32.1 Å². The van der Waals surface area contributed by atoms with Gasteiger partial charge < -0.3 is 20.1 Å². The molecular formula is C27H31F2N5O3. The highest BCUT2D eigenvalue weighted by atomic mass is 19.3. The quantitative estimate of drug-likeness (QED) is 0.389. The zero-order chi connectivity index (χ0) is 26.6. The fourth-order valence-electron chi connectivity index (χ4n) is 5.37. The monoisotopic (exact) mass is 511 g/mol. The van der Waals surface area contributed by atoms with E-state index in [0.717, 1.165) is 43.7 Å². The van der Waals surface area contributed by atoms with Crippen molar-refractivity contribution >= 4 is 22.7 Å². The molecule has 5 rings (SSSR count). The van der Waals surface area contributed by atoms with Gasteiger partial charge in [-0.05, 0) is 68.1 Å². The Morgan fingerprint density at radius 3 is 2.65 bits per heavy atom. The number of rotatable bonds is 6. The molecule has 2 aliphatic rings. The maximum atomic E-state index is 13.3. The van der Waals surface area contributed by atoms with Crippen molar-refractivity contribution in [1.29, 1.82) is 5.26 Å². The summed E-state index contributed by atoms with van der Waals surface area (Å²) in [7, 11) is 1.71. The first-order chi connectivity index (χ1) is 17.6. The standard InChI is InChI=1S/C19H24F2N2O.C8H7N3O2/c1-13-9-16(24-2)15(14-3-6-22-17(13)14)10-23-7-4-18(5-8-23)11-19(20,21)12-18;9-4-5-10-7-3-1-2-6(11-7)8(12)13/h3,6,9,22H,4-5,7-8,10-12H2,1-2H3;1-3H,5H2,(H,10,11)(H,12,13). The predicted octanol–water partition coefficient (Wildman–Crippen LogP) is 5.21. The van der Waals surface area contributed by atoms with Gasteiger partial charge in [0.05, 0.1) is 13.2 Å². The topological polar surface area (TPSA) is 114 Å². The van der Waals surface area contributed by atoms with Crippen LogP contribution in [0.4, 0.5) is 14.6 Å². The van der Waals surface area contributed by atoms with Crippen molar-refractivity contribution in [3.05, 3.63) is 53.3 Å². The molecule has 37 heavy (non-hydrogen) atoms. The summed E-state index contributed by atoms with van der Waals surface area (Å²) >= 11 is 0. The minimum atomic E-state index is -2.42. The summed E-state index contributed by atoms with van der Waals surface area (Å²) in [6, 6.07) is 10.6. The first kappa shape index (κ1) is 26.4. The first-order valence-corrected chi connectivity index (χ1v) is 12.2. The van der Waals surface area contributed by atoms with Gasteiger partial charge >= 0.3 is 5.97 Å². The number of likely N-dealkylation sites (tertiary alicyclic amines) is 1. The Morgan fingerprint density at radius 2 is 2.03 bits per heavy atom. The molecule has 0 atom stereocenters. The molecule has 0 amide bonds. The molecule has 0 radical (unpaired) electrons. The van der Waals surface area contributed by atoms with E-state index < -0.39 is 11.9 Å². The van der Waals surface area contributed by atoms with Crippen LogP contribution in [0.3, 0.4) is 0 Å². The average Bonchev–Trinajstić information content (AvgIpc) is 3.36. The Balaban J connectivity index is 0.000000209. The van der Waals surface area contributed by atoms with Crippen molar-refractivity contribution < 1.29 is 23.4 Å². The lowest BCUT2D eigenvalue weighted by molar-refractivity contribution is -0.178. The second-order valence-electron chi connectivity index (χ2n) is 9.85. The molecule has 1 aromatic carbocycles. The zero-order valence-corrected chi connectivity index (χ0v) is 21.0. The Bertz CT molecular complexity index is 1300. The molecule has 1 aliphatic carbocycles. The minimum Gasteiger partial charge on any atom is -0.496 e. The predicted molar refractivity (Wildman–Crippen MR) is 136 cm³/mol. The van der Waals surface area contributed by atoms with E-state index in [0.29, 0.717) is 5.82 Å². The van der Waals surface area contributed by atoms with Gasteiger partial charge in [-0.3, -0.25) is 4.90 Å². The van der Waals surface area contributed by atoms with Gasteiger partial charge in [0.25, 0.3) is 0 Å². The van der Waals surface area contributed by atoms with Crippen molar-refractivity contribution in [3.63, 3.8) is 0 Å². The van der Waals surface area contributed by atoms with Crippen LogP contribution >= 0.6 is 0 Å². The van der Waals surface area contributed by atoms with E-state index in [1.54, 1.807) is 19.2 Å². The number of carboxylic acid groups (broad SMARTS) is 1. The number of anilines is 1. The van der Waals surface area contributed by atoms with Crippen LogP contribution in [0.25, 0.3) is 10.9 Å². The van der Waals surface area contributed by atoms with Gasteiger partial charge in [0.15, 0.2) is 5.69 Å². The molecule has 0 unspecified atom stereocenters. The maximum Gasteiger partial charge on any atom is 0.354 e. The van der Waals surface area contributed by atoms with Crippen molar-refractivity contribution in [1.82, 2.24) is 14.9 Å². The Morgan fingerprint density at radius 1 is 1.30 bits per heavy atom. The molecule has 3 aromatic rings. The number of nitriles is 1. The fraction of sp³-hybridized carbons (Fsp3) is 0.444. The molecule has 2 aromatic heterocycles. The number of halogens is 2. The van der Waals surface area contributed by atoms with Crippen LogP contribution in [0.2, 0.25) is 0 Å². The van der Waals surface area contributed by atoms with Gasteiger partial charge in [-0.2, -0.15) is 5.26 Å². The number of carbonyl (C=O) groups is 1. The number of piperidine rings is 1. The number of hydrogen-bond acceptors (Lipinski definition) is 6. The molecule has 3 heterocycles. The van der Waals surface area contributed by atoms with Crippen molar-refractivity contribution in [2.24, 2.45) is 5.41 Å². The van der Waals surface area contributed by atoms with Gasteiger partial charge in [0.1, 0.15) is 18.1 Å². The number of alkyl halides is 2. The largest absolute Gasteiger partial charge is 0.496 e. The van der Waals surface area contributed by atoms with Crippen LogP contribution in [0, 0.1) is 23.7 Å². The lowest BCUT2D eigenvalue weighted by atomic mass is 9.61. The number of nitrogens with zero attached hydrogens (tertiary/aromatic N) is 3. The number of H-pyrrole nitrogens is 1. The number of methoxy groups -OCH3 is 1. The number of nitrogens with one attached hydrogen (secondary N) is 2. The molecule has 1 spiro atoms. The average molecular weight is 512 g/mol. The number of carboxylic acids is 1. The van der Waals surface area contributed by atoms with Crippen LogP contribution in [-0.4, -0.2) is 58.6 Å². The molecule has 3 N–H and O–H groups in total. The second kappa shape index (κ2) is 10.7. The third-order valence-electron chi connectivity index (χ3n) is 7.21. The lowest BCUT2D eigenvalue weighted by Gasteiger charge is -2.51. The second-order valence-corrected chi connectivity index (χ2v) is 9.85. The molecular weight excluding hydrogens is 480 g/mol. The van der Waals surface area contributed by atoms with Crippen LogP contribution in [-0.2, 0) is 6.54 Å². The summed E-state index contributed by atoms with van der Waals surface area (Å²) < 4.78 is 32.1. The number of fused-ring (bicyclic) bond motifs is 1. The van der Waals surface area contributed by atoms with Gasteiger partial charge in [-0.15, -0.1) is 0 Å². The lowest BCUT2D eigenvalue weighted by Crippen LogP contribution is -2.52. The first-order valence-electron chi connectivity index (χ1n) is 12.2. The van der Waals surface area contributed by atoms with Crippen LogP contribution in [0.5, 0.6) is 5.75 Å². The third-order valence-corrected chi connectivity index (χ3v) is 7.21. The number of benzene rings is 1. The fourth-order valence-corrected chi connectivity index (χ4v) is 5.37. The number of aromatic nitrogens is 2. The summed E-state index contributed by atoms with van der Waals surface area (Å²) in [5.74, 6) is -2.20. The van der Waals surface area contributed by atoms with E-state index in [9.17, 15) is 13.6 Å². The van der Waals surface area contributed by atoms with E-state index in [4.69, 9.17) is 15.1 Å². The van der Waals surface area contributed by atoms with Gasteiger partial charge in [-0.25, -0.2) is 18.6 Å². The van der Waals surface area contributed by atoms with Gasteiger partial charge in [0.2, 0.25) is 5.92 Å². The minimum absolute atomic E-state index is 0.0389. The normalized spacial score (nSPS) is 17.8. The Hall–Kier alpha value is -3.71. The zero-order valence-electron chi connectivity index (χ0n) is 21.0. The molecule has 1 saturated carbocycles. The van der Waals surface area contributed by atoms with Crippen LogP contribution in [0.15, 0.2) is 36.5 Å². The number of ether oxygens (including phenoxy) is 1. The number of aromatic carboxylic acids is 1. The Kier molecular flexibility index (Phi) is 7.64. The summed E-state index contributed by atoms with van der Waals surface area (Å²) in [5.41, 5.74) is 3.38. The highest BCUT2D eigenvalue weighted by Gasteiger charge is 2.56. The van der Waals surface area contributed by atoms with E-state index >= 15 is 0 Å². The van der Waals surface area contributed by atoms with Crippen LogP contribution < -0.4 is 10.1 Å². The van der Waals surface area contributed by atoms with Crippen molar-refractivity contribution in [3.8, 4) is 11.8 Å². The smallest absolute Gasteiger partial charge is 0.354 e. The van der Waals surface area contributed by atoms with E-state index in [-0.39, 0.29) is 30.5 Å². The highest BCUT2D eigenvalue weighted by Crippen LogP contribution is 2.57. The van der Waals surface area contributed by atoms with Crippen molar-refractivity contribution in [2.45, 2.75) is 45.1 Å². The maximum absolute atomic E-state index is 13.3. The molecule has 1 aliphatic heterocycles. The van der Waals surface area contributed by atoms with E-state index in [1.165, 1.54) is 22.6 Å². The third kappa shape index (κ3) is 6.00. The summed E-state index contributed by atoms with van der Waals surface area (Å²) in [6.45, 7) is 4.77. The summed E-state index contributed by atoms with van der Waals surface area (Å²) in [5, 5.41) is 20.7. The number of hydrogen-bond donors (Lipinski definition) is 3. The molecule has 196 valence electrons. The van der Waals surface area contributed by atoms with E-state index in [2.05, 4.69) is 39.2 Å². The molecule has 10 heteroatoms. The Labute approximate surface area is 214 Å². The van der Waals surface area contributed by atoms with Gasteiger partial charge in [-0.1, -0.05) is 6.07 Å². The van der Waals surface area contributed by atoms with E-state index in [1.807, 2.05) is 12.3 Å². The molecule has 2 fully saturated rings. The SMILES string of the molecule is COc1cc(C)c2[nH]ccc2c1CN1CCC2(CC1)CC(F)(F)C2.N#CCNc1cccc(C(=O)O)n1. The highest BCUT2D eigenvalue weighted by molar-refractivity contribution is 5.88. The molecule has 8 nitrogen and oxygen atoms in total. The summed E-state index contributed by atoms with van der Waals surface area (Å²) in [4.78, 5) is 19.9. The van der Waals surface area contributed by atoms with Crippen LogP contribution in [0.1, 0.15) is 47.3 Å². The number of aromatic amines is 1. The number of aryl methyl sites for hydroxylation is 1. The number of pyridine rings is 1. The molecule has 0 bridgehead atoms.